The normalized spacial score (nSPS) is 12.4. The molecule has 6 heteroatoms. The summed E-state index contributed by atoms with van der Waals surface area (Å²) in [6.07, 6.45) is 0.307. The van der Waals surface area contributed by atoms with E-state index in [-0.39, 0.29) is 11.4 Å². The SMILES string of the molecule is C=CC(=O)OC(CNS(=O)(=O)c1ccc(C)cc1)c1ccc(C)cc1. The van der Waals surface area contributed by atoms with Crippen LogP contribution in [0.1, 0.15) is 22.8 Å². The maximum atomic E-state index is 12.4. The Morgan fingerprint density at radius 1 is 1.08 bits per heavy atom. The van der Waals surface area contributed by atoms with Crippen LogP contribution in [-0.4, -0.2) is 20.9 Å². The number of hydrogen-bond donors (Lipinski definition) is 1. The molecule has 1 unspecified atom stereocenters. The van der Waals surface area contributed by atoms with Crippen LogP contribution < -0.4 is 4.72 Å². The van der Waals surface area contributed by atoms with Gasteiger partial charge in [0.2, 0.25) is 10.0 Å². The van der Waals surface area contributed by atoms with Gasteiger partial charge in [-0.25, -0.2) is 17.9 Å². The van der Waals surface area contributed by atoms with Gasteiger partial charge in [-0.3, -0.25) is 0 Å². The van der Waals surface area contributed by atoms with Gasteiger partial charge in [-0.2, -0.15) is 0 Å². The number of sulfonamides is 1. The van der Waals surface area contributed by atoms with Gasteiger partial charge in [0.05, 0.1) is 11.4 Å². The molecular formula is C19H21NO4S. The lowest BCUT2D eigenvalue weighted by molar-refractivity contribution is -0.143. The van der Waals surface area contributed by atoms with E-state index in [1.807, 2.05) is 26.0 Å². The van der Waals surface area contributed by atoms with Crippen LogP contribution in [0.25, 0.3) is 0 Å². The van der Waals surface area contributed by atoms with Crippen molar-refractivity contribution in [2.24, 2.45) is 0 Å². The molecule has 1 atom stereocenters. The molecule has 1 N–H and O–H groups in total. The van der Waals surface area contributed by atoms with Crippen molar-refractivity contribution >= 4 is 16.0 Å². The molecule has 0 bridgehead atoms. The van der Waals surface area contributed by atoms with Gasteiger partial charge in [0, 0.05) is 6.08 Å². The van der Waals surface area contributed by atoms with E-state index >= 15 is 0 Å². The lowest BCUT2D eigenvalue weighted by Gasteiger charge is -2.18. The lowest BCUT2D eigenvalue weighted by atomic mass is 10.1. The molecule has 5 nitrogen and oxygen atoms in total. The van der Waals surface area contributed by atoms with Gasteiger partial charge < -0.3 is 4.74 Å². The van der Waals surface area contributed by atoms with Gasteiger partial charge in [-0.1, -0.05) is 54.1 Å². The predicted octanol–water partition coefficient (Wildman–Crippen LogP) is 3.05. The van der Waals surface area contributed by atoms with E-state index in [9.17, 15) is 13.2 Å². The van der Waals surface area contributed by atoms with E-state index < -0.39 is 22.1 Å². The average Bonchev–Trinajstić information content (AvgIpc) is 2.59. The van der Waals surface area contributed by atoms with E-state index in [2.05, 4.69) is 11.3 Å². The average molecular weight is 359 g/mol. The minimum atomic E-state index is -3.70. The van der Waals surface area contributed by atoms with Crippen LogP contribution in [0.4, 0.5) is 0 Å². The van der Waals surface area contributed by atoms with Crippen molar-refractivity contribution in [2.75, 3.05) is 6.54 Å². The van der Waals surface area contributed by atoms with Gasteiger partial charge in [-0.05, 0) is 31.5 Å². The standard InChI is InChI=1S/C19H21NO4S/c1-4-19(21)24-18(16-9-5-14(2)6-10-16)13-20-25(22,23)17-11-7-15(3)8-12-17/h4-12,18,20H,1,13H2,2-3H3. The quantitative estimate of drug-likeness (QED) is 0.609. The third-order valence-corrected chi connectivity index (χ3v) is 5.10. The lowest BCUT2D eigenvalue weighted by Crippen LogP contribution is -2.30. The molecule has 2 aromatic rings. The number of ether oxygens (including phenoxy) is 1. The summed E-state index contributed by atoms with van der Waals surface area (Å²) in [7, 11) is -3.70. The molecule has 0 aromatic heterocycles. The van der Waals surface area contributed by atoms with Gasteiger partial charge >= 0.3 is 5.97 Å². The monoisotopic (exact) mass is 359 g/mol. The summed E-state index contributed by atoms with van der Waals surface area (Å²) < 4.78 is 32.6. The summed E-state index contributed by atoms with van der Waals surface area (Å²) in [6.45, 7) is 7.12. The van der Waals surface area contributed by atoms with E-state index in [0.717, 1.165) is 17.2 Å². The van der Waals surface area contributed by atoms with Crippen molar-refractivity contribution in [3.05, 3.63) is 77.9 Å². The first-order valence-corrected chi connectivity index (χ1v) is 9.26. The van der Waals surface area contributed by atoms with Crippen LogP contribution in [-0.2, 0) is 19.6 Å². The van der Waals surface area contributed by atoms with Gasteiger partial charge in [0.25, 0.3) is 0 Å². The van der Waals surface area contributed by atoms with Crippen LogP contribution in [0.2, 0.25) is 0 Å². The van der Waals surface area contributed by atoms with Crippen molar-refractivity contribution in [1.82, 2.24) is 4.72 Å². The highest BCUT2D eigenvalue weighted by Crippen LogP contribution is 2.19. The van der Waals surface area contributed by atoms with Crippen LogP contribution in [0, 0.1) is 13.8 Å². The first-order chi connectivity index (χ1) is 11.8. The first kappa shape index (κ1) is 18.9. The fourth-order valence-corrected chi connectivity index (χ4v) is 3.21. The smallest absolute Gasteiger partial charge is 0.330 e. The number of aryl methyl sites for hydroxylation is 2. The zero-order chi connectivity index (χ0) is 18.4. The summed E-state index contributed by atoms with van der Waals surface area (Å²) in [4.78, 5) is 11.7. The second-order valence-electron chi connectivity index (χ2n) is 5.71. The van der Waals surface area contributed by atoms with Crippen LogP contribution in [0.5, 0.6) is 0 Å². The number of carbonyl (C=O) groups excluding carboxylic acids is 1. The number of esters is 1. The van der Waals surface area contributed by atoms with Crippen molar-refractivity contribution in [3.8, 4) is 0 Å². The van der Waals surface area contributed by atoms with Crippen LogP contribution in [0.3, 0.4) is 0 Å². The summed E-state index contributed by atoms with van der Waals surface area (Å²) in [6, 6.07) is 13.9. The van der Waals surface area contributed by atoms with E-state index in [1.54, 1.807) is 24.3 Å². The molecule has 0 aliphatic heterocycles. The minimum Gasteiger partial charge on any atom is -0.453 e. The zero-order valence-corrected chi connectivity index (χ0v) is 15.0. The fourth-order valence-electron chi connectivity index (χ4n) is 2.18. The van der Waals surface area contributed by atoms with Gasteiger partial charge in [-0.15, -0.1) is 0 Å². The van der Waals surface area contributed by atoms with Gasteiger partial charge in [0.15, 0.2) is 0 Å². The van der Waals surface area contributed by atoms with Crippen molar-refractivity contribution in [2.45, 2.75) is 24.8 Å². The number of nitrogens with one attached hydrogen (secondary N) is 1. The Morgan fingerprint density at radius 2 is 1.60 bits per heavy atom. The fraction of sp³-hybridized carbons (Fsp3) is 0.211. The second kappa shape index (κ2) is 8.09. The summed E-state index contributed by atoms with van der Waals surface area (Å²) in [5, 5.41) is 0. The van der Waals surface area contributed by atoms with Gasteiger partial charge in [0.1, 0.15) is 6.10 Å². The number of rotatable bonds is 7. The maximum Gasteiger partial charge on any atom is 0.330 e. The third-order valence-electron chi connectivity index (χ3n) is 3.66. The molecule has 0 heterocycles. The molecular weight excluding hydrogens is 338 g/mol. The largest absolute Gasteiger partial charge is 0.453 e. The maximum absolute atomic E-state index is 12.4. The Balaban J connectivity index is 2.18. The Labute approximate surface area is 148 Å². The molecule has 0 aliphatic rings. The Hall–Kier alpha value is -2.44. The highest BCUT2D eigenvalue weighted by molar-refractivity contribution is 7.89. The minimum absolute atomic E-state index is 0.0706. The van der Waals surface area contributed by atoms with E-state index in [1.165, 1.54) is 12.1 Å². The molecule has 0 radical (unpaired) electrons. The number of hydrogen-bond acceptors (Lipinski definition) is 4. The molecule has 0 spiro atoms. The Bertz CT molecular complexity index is 840. The highest BCUT2D eigenvalue weighted by Gasteiger charge is 2.20. The molecule has 2 aromatic carbocycles. The summed E-state index contributed by atoms with van der Waals surface area (Å²) >= 11 is 0. The second-order valence-corrected chi connectivity index (χ2v) is 7.47. The molecule has 132 valence electrons. The number of benzene rings is 2. The van der Waals surface area contributed by atoms with E-state index in [0.29, 0.717) is 5.56 Å². The molecule has 0 amide bonds. The molecule has 0 fully saturated rings. The highest BCUT2D eigenvalue weighted by atomic mass is 32.2. The van der Waals surface area contributed by atoms with Crippen molar-refractivity contribution < 1.29 is 17.9 Å². The van der Waals surface area contributed by atoms with Crippen molar-refractivity contribution in [3.63, 3.8) is 0 Å². The third kappa shape index (κ3) is 5.27. The first-order valence-electron chi connectivity index (χ1n) is 7.78. The Kier molecular flexibility index (Phi) is 6.12. The summed E-state index contributed by atoms with van der Waals surface area (Å²) in [5.41, 5.74) is 2.72. The predicted molar refractivity (Wildman–Crippen MR) is 96.6 cm³/mol. The Morgan fingerprint density at radius 3 is 2.12 bits per heavy atom. The number of carbonyl (C=O) groups is 1. The van der Waals surface area contributed by atoms with Crippen LogP contribution >= 0.6 is 0 Å². The van der Waals surface area contributed by atoms with Crippen molar-refractivity contribution in [1.29, 1.82) is 0 Å². The van der Waals surface area contributed by atoms with E-state index in [4.69, 9.17) is 4.74 Å². The molecule has 0 aliphatic carbocycles. The molecule has 2 rings (SSSR count). The zero-order valence-electron chi connectivity index (χ0n) is 14.2. The molecule has 0 saturated carbocycles. The topological polar surface area (TPSA) is 72.5 Å². The summed E-state index contributed by atoms with van der Waals surface area (Å²) in [5.74, 6) is -0.611. The molecule has 0 saturated heterocycles. The van der Waals surface area contributed by atoms with Crippen LogP contribution in [0.15, 0.2) is 66.1 Å². The molecule has 25 heavy (non-hydrogen) atoms.